The molecule has 6 aromatic heterocycles. The van der Waals surface area contributed by atoms with Gasteiger partial charge < -0.3 is 13.6 Å². The van der Waals surface area contributed by atoms with Gasteiger partial charge in [-0.2, -0.15) is 0 Å². The van der Waals surface area contributed by atoms with Crippen molar-refractivity contribution in [2.75, 3.05) is 0 Å². The van der Waals surface area contributed by atoms with Crippen LogP contribution >= 0.6 is 11.3 Å². The summed E-state index contributed by atoms with van der Waals surface area (Å²) in [6.07, 6.45) is 0. The third-order valence-electron chi connectivity index (χ3n) is 18.5. The van der Waals surface area contributed by atoms with Crippen LogP contribution in [0.2, 0.25) is 0 Å². The molecular weight excluding hydrogens is 1190 g/mol. The molecule has 448 valence electrons. The van der Waals surface area contributed by atoms with Crippen molar-refractivity contribution in [3.8, 4) is 79.7 Å². The minimum atomic E-state index is 0.630. The van der Waals surface area contributed by atoms with E-state index < -0.39 is 0 Å². The Balaban J connectivity index is 0.000000135. The van der Waals surface area contributed by atoms with Gasteiger partial charge in [0.1, 0.15) is 11.2 Å². The average molecular weight is 1250 g/mol. The molecule has 0 aliphatic rings. The SMILES string of the molecule is c1ccc(-c2nc(-c3ccccc3)nc(-c3ccc(-n4c5ccccc5c5c6oc7ccccc7c6c6ccccc6c54)cc3)n2)cc1.c1ccc(-c2nc(-c3ccccc3)nc(-c3ccc(-n4c5ccccc5c5c6sc7ccccc7c6c6ccccc6c54)cc3)n2)cc1. The second kappa shape index (κ2) is 22.5. The maximum Gasteiger partial charge on any atom is 0.164 e. The fraction of sp³-hybridized carbons (Fsp3) is 0. The molecule has 20 aromatic rings. The molecular formula is C86H52N8OS. The first-order valence-corrected chi connectivity index (χ1v) is 32.9. The number of benzene rings is 14. The second-order valence-corrected chi connectivity index (χ2v) is 25.1. The summed E-state index contributed by atoms with van der Waals surface area (Å²) in [5.74, 6) is 3.88. The molecule has 0 radical (unpaired) electrons. The molecule has 0 spiro atoms. The van der Waals surface area contributed by atoms with Gasteiger partial charge in [-0.05, 0) is 83.6 Å². The first kappa shape index (κ1) is 54.9. The Kier molecular flexibility index (Phi) is 12.9. The number of para-hydroxylation sites is 3. The Labute approximate surface area is 553 Å². The topological polar surface area (TPSA) is 100 Å². The number of furan rings is 1. The zero-order chi connectivity index (χ0) is 63.2. The number of hydrogen-bond acceptors (Lipinski definition) is 8. The first-order chi connectivity index (χ1) is 47.6. The van der Waals surface area contributed by atoms with E-state index in [0.29, 0.717) is 34.9 Å². The second-order valence-electron chi connectivity index (χ2n) is 24.0. The van der Waals surface area contributed by atoms with Gasteiger partial charge in [-0.15, -0.1) is 11.3 Å². The summed E-state index contributed by atoms with van der Waals surface area (Å²) in [7, 11) is 0. The normalized spacial score (nSPS) is 11.8. The molecule has 0 fully saturated rings. The number of nitrogens with zero attached hydrogens (tertiary/aromatic N) is 8. The summed E-state index contributed by atoms with van der Waals surface area (Å²) in [4.78, 5) is 29.5. The van der Waals surface area contributed by atoms with Crippen molar-refractivity contribution in [3.05, 3.63) is 315 Å². The summed E-state index contributed by atoms with van der Waals surface area (Å²) in [5.41, 5.74) is 14.3. The van der Waals surface area contributed by atoms with Gasteiger partial charge in [-0.25, -0.2) is 29.9 Å². The van der Waals surface area contributed by atoms with Crippen LogP contribution in [-0.2, 0) is 0 Å². The van der Waals surface area contributed by atoms with Crippen LogP contribution in [0.4, 0.5) is 0 Å². The molecule has 0 aliphatic carbocycles. The van der Waals surface area contributed by atoms with Crippen molar-refractivity contribution in [1.82, 2.24) is 39.0 Å². The van der Waals surface area contributed by atoms with E-state index in [1.165, 1.54) is 63.5 Å². The first-order valence-electron chi connectivity index (χ1n) is 32.1. The maximum atomic E-state index is 6.67. The van der Waals surface area contributed by atoms with Crippen molar-refractivity contribution in [2.45, 2.75) is 0 Å². The maximum absolute atomic E-state index is 6.67. The molecule has 0 saturated carbocycles. The Morgan fingerprint density at radius 2 is 0.562 bits per heavy atom. The molecule has 0 unspecified atom stereocenters. The number of thiophene rings is 1. The van der Waals surface area contributed by atoms with Gasteiger partial charge in [0.05, 0.1) is 27.5 Å². The predicted molar refractivity (Wildman–Crippen MR) is 396 cm³/mol. The molecule has 9 nitrogen and oxygen atoms in total. The van der Waals surface area contributed by atoms with Gasteiger partial charge in [-0.3, -0.25) is 0 Å². The minimum Gasteiger partial charge on any atom is -0.455 e. The van der Waals surface area contributed by atoms with Crippen molar-refractivity contribution in [3.63, 3.8) is 0 Å². The van der Waals surface area contributed by atoms with E-state index in [1.54, 1.807) is 0 Å². The highest BCUT2D eigenvalue weighted by Gasteiger charge is 2.25. The molecule has 0 aliphatic heterocycles. The van der Waals surface area contributed by atoms with E-state index in [0.717, 1.165) is 88.5 Å². The highest BCUT2D eigenvalue weighted by molar-refractivity contribution is 7.27. The lowest BCUT2D eigenvalue weighted by Gasteiger charge is -2.12. The summed E-state index contributed by atoms with van der Waals surface area (Å²) in [6.45, 7) is 0. The number of hydrogen-bond donors (Lipinski definition) is 0. The van der Waals surface area contributed by atoms with Gasteiger partial charge in [0.25, 0.3) is 0 Å². The molecule has 0 atom stereocenters. The summed E-state index contributed by atoms with van der Waals surface area (Å²) in [6, 6.07) is 110. The fourth-order valence-corrected chi connectivity index (χ4v) is 15.5. The van der Waals surface area contributed by atoms with E-state index >= 15 is 0 Å². The standard InChI is InChI=1S/C43H26N4O.C43H26N4S/c2*1-3-13-27(14-4-1)41-44-42(28-15-5-2-6-16-28)46-43(45-41)29-23-25-30(26-24-29)47-35-21-11-9-19-33(35)38-39(47)32-18-8-7-17-31(32)37-34-20-10-12-22-36(34)48-40(37)38/h2*1-26H. The average Bonchev–Trinajstić information content (AvgIpc) is 1.54. The third-order valence-corrected chi connectivity index (χ3v) is 19.7. The molecule has 14 aromatic carbocycles. The number of rotatable bonds is 8. The highest BCUT2D eigenvalue weighted by atomic mass is 32.1. The minimum absolute atomic E-state index is 0.630. The van der Waals surface area contributed by atoms with E-state index in [1.807, 2.05) is 139 Å². The zero-order valence-electron chi connectivity index (χ0n) is 51.4. The van der Waals surface area contributed by atoms with Crippen LogP contribution in [0.1, 0.15) is 0 Å². The number of aromatic nitrogens is 8. The van der Waals surface area contributed by atoms with Crippen LogP contribution in [0.15, 0.2) is 320 Å². The monoisotopic (exact) mass is 1240 g/mol. The van der Waals surface area contributed by atoms with Gasteiger partial charge in [0.2, 0.25) is 0 Å². The number of fused-ring (bicyclic) bond motifs is 20. The summed E-state index contributed by atoms with van der Waals surface area (Å²) >= 11 is 1.89. The smallest absolute Gasteiger partial charge is 0.164 e. The van der Waals surface area contributed by atoms with E-state index in [4.69, 9.17) is 34.3 Å². The Morgan fingerprint density at radius 1 is 0.240 bits per heavy atom. The van der Waals surface area contributed by atoms with Gasteiger partial charge >= 0.3 is 0 Å². The molecule has 0 saturated heterocycles. The van der Waals surface area contributed by atoms with Crippen LogP contribution in [0, 0.1) is 0 Å². The van der Waals surface area contributed by atoms with E-state index in [9.17, 15) is 0 Å². The quantitative estimate of drug-likeness (QED) is 0.149. The lowest BCUT2D eigenvalue weighted by molar-refractivity contribution is 0.673. The van der Waals surface area contributed by atoms with Crippen LogP contribution in [0.3, 0.4) is 0 Å². The van der Waals surface area contributed by atoms with Crippen LogP contribution in [0.5, 0.6) is 0 Å². The molecule has 0 N–H and O–H groups in total. The molecule has 10 heteroatoms. The van der Waals surface area contributed by atoms with Crippen molar-refractivity contribution >= 4 is 119 Å². The third kappa shape index (κ3) is 8.99. The highest BCUT2D eigenvalue weighted by Crippen LogP contribution is 2.49. The molecule has 0 bridgehead atoms. The van der Waals surface area contributed by atoms with Crippen molar-refractivity contribution < 1.29 is 4.42 Å². The van der Waals surface area contributed by atoms with Gasteiger partial charge in [-0.1, -0.05) is 243 Å². The summed E-state index contributed by atoms with van der Waals surface area (Å²) < 4.78 is 14.1. The van der Waals surface area contributed by atoms with Crippen molar-refractivity contribution in [2.24, 2.45) is 0 Å². The van der Waals surface area contributed by atoms with Crippen molar-refractivity contribution in [1.29, 1.82) is 0 Å². The van der Waals surface area contributed by atoms with Gasteiger partial charge in [0.15, 0.2) is 34.9 Å². The lowest BCUT2D eigenvalue weighted by Crippen LogP contribution is -2.00. The molecule has 20 rings (SSSR count). The van der Waals surface area contributed by atoms with Gasteiger partial charge in [0, 0.05) is 103 Å². The van der Waals surface area contributed by atoms with E-state index in [2.05, 4.69) is 197 Å². The molecule has 0 amide bonds. The Morgan fingerprint density at radius 3 is 1.01 bits per heavy atom. The largest absolute Gasteiger partial charge is 0.455 e. The lowest BCUT2D eigenvalue weighted by atomic mass is 9.99. The predicted octanol–water partition coefficient (Wildman–Crippen LogP) is 22.5. The van der Waals surface area contributed by atoms with Crippen LogP contribution in [0.25, 0.3) is 187 Å². The van der Waals surface area contributed by atoms with E-state index in [-0.39, 0.29) is 0 Å². The zero-order valence-corrected chi connectivity index (χ0v) is 52.2. The van der Waals surface area contributed by atoms with Crippen LogP contribution in [-0.4, -0.2) is 39.0 Å². The Hall–Kier alpha value is -12.8. The molecule has 96 heavy (non-hydrogen) atoms. The fourth-order valence-electron chi connectivity index (χ4n) is 14.2. The Bertz CT molecular complexity index is 5910. The molecule has 6 heterocycles. The summed E-state index contributed by atoms with van der Waals surface area (Å²) in [5, 5.41) is 14.7. The van der Waals surface area contributed by atoms with Crippen LogP contribution < -0.4 is 0 Å².